The Kier molecular flexibility index (Phi) is 4.04. The zero-order valence-corrected chi connectivity index (χ0v) is 12.3. The maximum atomic E-state index is 12.0. The quantitative estimate of drug-likeness (QED) is 0.830. The van der Waals surface area contributed by atoms with Crippen LogP contribution in [0.1, 0.15) is 26.2 Å². The largest absolute Gasteiger partial charge is 0.466 e. The first-order valence-electron chi connectivity index (χ1n) is 7.46. The van der Waals surface area contributed by atoms with Crippen LogP contribution in [-0.2, 0) is 9.53 Å². The Morgan fingerprint density at radius 1 is 1.45 bits per heavy atom. The zero-order chi connectivity index (χ0) is 15.5. The summed E-state index contributed by atoms with van der Waals surface area (Å²) in [6.45, 7) is 2.19. The molecule has 1 aliphatic rings. The van der Waals surface area contributed by atoms with E-state index in [2.05, 4.69) is 20.3 Å². The van der Waals surface area contributed by atoms with E-state index < -0.39 is 0 Å². The monoisotopic (exact) mass is 302 g/mol. The van der Waals surface area contributed by atoms with E-state index in [0.717, 1.165) is 19.3 Å². The topological polar surface area (TPSA) is 97.0 Å². The van der Waals surface area contributed by atoms with Crippen molar-refractivity contribution in [2.75, 3.05) is 11.9 Å². The minimum atomic E-state index is -0.253. The lowest BCUT2D eigenvalue weighted by Crippen LogP contribution is -2.31. The van der Waals surface area contributed by atoms with Gasteiger partial charge in [-0.1, -0.05) is 6.42 Å². The van der Waals surface area contributed by atoms with Crippen LogP contribution in [0, 0.1) is 5.92 Å². The molecule has 0 saturated heterocycles. The second-order valence-corrected chi connectivity index (χ2v) is 5.33. The molecule has 7 heteroatoms. The molecule has 0 amide bonds. The van der Waals surface area contributed by atoms with Gasteiger partial charge in [0.05, 0.1) is 12.5 Å². The molecular weight excluding hydrogens is 284 g/mol. The predicted molar refractivity (Wildman–Crippen MR) is 81.5 cm³/mol. The highest BCUT2D eigenvalue weighted by Crippen LogP contribution is 2.30. The van der Waals surface area contributed by atoms with Crippen LogP contribution in [0.4, 0.5) is 5.82 Å². The van der Waals surface area contributed by atoms with Crippen LogP contribution >= 0.6 is 0 Å². The van der Waals surface area contributed by atoms with Gasteiger partial charge in [-0.3, -0.25) is 9.59 Å². The fourth-order valence-corrected chi connectivity index (χ4v) is 2.96. The van der Waals surface area contributed by atoms with Gasteiger partial charge in [-0.05, 0) is 25.8 Å². The number of aromatic nitrogens is 3. The first-order valence-corrected chi connectivity index (χ1v) is 7.46. The van der Waals surface area contributed by atoms with Gasteiger partial charge >= 0.3 is 5.97 Å². The number of carbonyl (C=O) groups excluding carboxylic acids is 1. The van der Waals surface area contributed by atoms with Crippen LogP contribution in [0.2, 0.25) is 0 Å². The van der Waals surface area contributed by atoms with Crippen molar-refractivity contribution in [3.8, 4) is 0 Å². The van der Waals surface area contributed by atoms with E-state index in [1.54, 1.807) is 19.2 Å². The van der Waals surface area contributed by atoms with Crippen molar-refractivity contribution in [2.24, 2.45) is 5.92 Å². The molecule has 0 aromatic carbocycles. The molecule has 2 aromatic heterocycles. The Balaban J connectivity index is 1.88. The molecule has 0 bridgehead atoms. The van der Waals surface area contributed by atoms with Crippen LogP contribution in [-0.4, -0.2) is 33.6 Å². The molecule has 0 unspecified atom stereocenters. The van der Waals surface area contributed by atoms with E-state index >= 15 is 0 Å². The third kappa shape index (κ3) is 2.66. The van der Waals surface area contributed by atoms with Crippen LogP contribution in [0.15, 0.2) is 23.4 Å². The number of esters is 1. The fraction of sp³-hybridized carbons (Fsp3) is 0.467. The van der Waals surface area contributed by atoms with Gasteiger partial charge in [-0.2, -0.15) is 0 Å². The summed E-state index contributed by atoms with van der Waals surface area (Å²) in [4.78, 5) is 34.6. The van der Waals surface area contributed by atoms with Crippen molar-refractivity contribution in [3.05, 3.63) is 28.9 Å². The van der Waals surface area contributed by atoms with E-state index in [-0.39, 0.29) is 23.5 Å². The smallest absolute Gasteiger partial charge is 0.311 e. The summed E-state index contributed by atoms with van der Waals surface area (Å²) in [6.07, 6.45) is 5.56. The summed E-state index contributed by atoms with van der Waals surface area (Å²) in [6, 6.07) is 1.73. The van der Waals surface area contributed by atoms with E-state index in [0.29, 0.717) is 23.3 Å². The number of ether oxygens (including phenoxy) is 1. The molecule has 3 rings (SSSR count). The summed E-state index contributed by atoms with van der Waals surface area (Å²) in [5.41, 5.74) is 0.0852. The SMILES string of the molecule is CCOC(=O)[C@@H]1CCC[C@@H]1Nc1ncnc2c(=O)[nH]ccc12. The first-order chi connectivity index (χ1) is 10.7. The molecule has 22 heavy (non-hydrogen) atoms. The average Bonchev–Trinajstić information content (AvgIpc) is 2.97. The molecule has 0 aliphatic heterocycles. The van der Waals surface area contributed by atoms with Crippen molar-refractivity contribution in [2.45, 2.75) is 32.2 Å². The molecule has 116 valence electrons. The lowest BCUT2D eigenvalue weighted by atomic mass is 10.0. The van der Waals surface area contributed by atoms with Gasteiger partial charge in [0.15, 0.2) is 0 Å². The molecular formula is C15H18N4O3. The highest BCUT2D eigenvalue weighted by molar-refractivity contribution is 5.88. The van der Waals surface area contributed by atoms with Gasteiger partial charge in [0.25, 0.3) is 5.56 Å². The fourth-order valence-electron chi connectivity index (χ4n) is 2.96. The summed E-state index contributed by atoms with van der Waals surface area (Å²) in [7, 11) is 0. The van der Waals surface area contributed by atoms with Crippen molar-refractivity contribution in [1.29, 1.82) is 0 Å². The summed E-state index contributed by atoms with van der Waals surface area (Å²) in [5, 5.41) is 3.95. The summed E-state index contributed by atoms with van der Waals surface area (Å²) in [5.74, 6) is 0.234. The zero-order valence-electron chi connectivity index (χ0n) is 12.3. The lowest BCUT2D eigenvalue weighted by molar-refractivity contribution is -0.148. The molecule has 7 nitrogen and oxygen atoms in total. The number of rotatable bonds is 4. The predicted octanol–water partition coefficient (Wildman–Crippen LogP) is 1.46. The average molecular weight is 302 g/mol. The number of hydrogen-bond donors (Lipinski definition) is 2. The summed E-state index contributed by atoms with van der Waals surface area (Å²) < 4.78 is 5.13. The van der Waals surface area contributed by atoms with E-state index in [1.165, 1.54) is 6.33 Å². The first kappa shape index (κ1) is 14.5. The normalized spacial score (nSPS) is 21.0. The Morgan fingerprint density at radius 3 is 3.14 bits per heavy atom. The number of nitrogens with one attached hydrogen (secondary N) is 2. The second-order valence-electron chi connectivity index (χ2n) is 5.33. The van der Waals surface area contributed by atoms with E-state index in [4.69, 9.17) is 4.74 Å². The van der Waals surface area contributed by atoms with Gasteiger partial charge < -0.3 is 15.0 Å². The van der Waals surface area contributed by atoms with Crippen LogP contribution in [0.3, 0.4) is 0 Å². The highest BCUT2D eigenvalue weighted by atomic mass is 16.5. The third-order valence-electron chi connectivity index (χ3n) is 3.99. The standard InChI is InChI=1S/C15H18N4O3/c1-2-22-15(21)9-4-3-5-11(9)19-13-10-6-7-16-14(20)12(10)17-8-18-13/h6-9,11H,2-5H2,1H3,(H,16,20)(H,17,18,19)/t9-,11+/m1/s1. The van der Waals surface area contributed by atoms with Gasteiger partial charge in [-0.25, -0.2) is 9.97 Å². The third-order valence-corrected chi connectivity index (χ3v) is 3.99. The minimum Gasteiger partial charge on any atom is -0.466 e. The maximum Gasteiger partial charge on any atom is 0.311 e. The second kappa shape index (κ2) is 6.13. The number of aromatic amines is 1. The Bertz CT molecular complexity index is 743. The van der Waals surface area contributed by atoms with E-state index in [1.807, 2.05) is 0 Å². The number of H-pyrrole nitrogens is 1. The lowest BCUT2D eigenvalue weighted by Gasteiger charge is -2.20. The number of anilines is 1. The van der Waals surface area contributed by atoms with E-state index in [9.17, 15) is 9.59 Å². The van der Waals surface area contributed by atoms with Gasteiger partial charge in [0.2, 0.25) is 0 Å². The Morgan fingerprint density at radius 2 is 2.32 bits per heavy atom. The minimum absolute atomic E-state index is 0.0311. The van der Waals surface area contributed by atoms with Crippen molar-refractivity contribution in [3.63, 3.8) is 0 Å². The number of nitrogens with zero attached hydrogens (tertiary/aromatic N) is 2. The molecule has 1 fully saturated rings. The van der Waals surface area contributed by atoms with Crippen molar-refractivity contribution in [1.82, 2.24) is 15.0 Å². The molecule has 1 saturated carbocycles. The molecule has 0 radical (unpaired) electrons. The maximum absolute atomic E-state index is 12.0. The van der Waals surface area contributed by atoms with Crippen molar-refractivity contribution >= 4 is 22.7 Å². The number of pyridine rings is 1. The van der Waals surface area contributed by atoms with Gasteiger partial charge in [0, 0.05) is 17.6 Å². The molecule has 2 aromatic rings. The van der Waals surface area contributed by atoms with Crippen LogP contribution in [0.5, 0.6) is 0 Å². The molecule has 0 spiro atoms. The highest BCUT2D eigenvalue weighted by Gasteiger charge is 2.34. The molecule has 2 N–H and O–H groups in total. The number of hydrogen-bond acceptors (Lipinski definition) is 6. The Hall–Kier alpha value is -2.44. The molecule has 2 atom stereocenters. The number of fused-ring (bicyclic) bond motifs is 1. The summed E-state index contributed by atoms with van der Waals surface area (Å²) >= 11 is 0. The van der Waals surface area contributed by atoms with Gasteiger partial charge in [0.1, 0.15) is 17.7 Å². The van der Waals surface area contributed by atoms with Gasteiger partial charge in [-0.15, -0.1) is 0 Å². The van der Waals surface area contributed by atoms with Crippen LogP contribution < -0.4 is 10.9 Å². The van der Waals surface area contributed by atoms with Crippen LogP contribution in [0.25, 0.3) is 10.9 Å². The Labute approximate surface area is 127 Å². The molecule has 1 aliphatic carbocycles. The van der Waals surface area contributed by atoms with Crippen molar-refractivity contribution < 1.29 is 9.53 Å². The molecule has 2 heterocycles. The number of carbonyl (C=O) groups is 1.